The lowest BCUT2D eigenvalue weighted by atomic mass is 10.2. The van der Waals surface area contributed by atoms with Crippen molar-refractivity contribution >= 4 is 23.4 Å². The van der Waals surface area contributed by atoms with Gasteiger partial charge in [0.2, 0.25) is 0 Å². The largest absolute Gasteiger partial charge is 0.409 e. The molecule has 3 N–H and O–H groups in total. The van der Waals surface area contributed by atoms with Gasteiger partial charge in [-0.05, 0) is 19.1 Å². The first-order chi connectivity index (χ1) is 8.22. The van der Waals surface area contributed by atoms with Crippen molar-refractivity contribution in [3.8, 4) is 0 Å². The summed E-state index contributed by atoms with van der Waals surface area (Å²) in [5.41, 5.74) is 7.32. The topological polar surface area (TPSA) is 74.7 Å². The maximum Gasteiger partial charge on any atom is 0.173 e. The quantitative estimate of drug-likeness (QED) is 0.356. The van der Waals surface area contributed by atoms with E-state index in [0.29, 0.717) is 5.56 Å². The van der Waals surface area contributed by atoms with Gasteiger partial charge in [-0.25, -0.2) is 4.98 Å². The molecular formula is C11H16N4OS. The highest BCUT2D eigenvalue weighted by molar-refractivity contribution is 7.99. The van der Waals surface area contributed by atoms with Gasteiger partial charge in [0.25, 0.3) is 0 Å². The monoisotopic (exact) mass is 252 g/mol. The van der Waals surface area contributed by atoms with Crippen molar-refractivity contribution in [2.24, 2.45) is 10.9 Å². The number of nitrogens with two attached hydrogens (primary N) is 1. The van der Waals surface area contributed by atoms with E-state index >= 15 is 0 Å². The van der Waals surface area contributed by atoms with Gasteiger partial charge in [0.15, 0.2) is 5.84 Å². The summed E-state index contributed by atoms with van der Waals surface area (Å²) in [5, 5.41) is 11.9. The summed E-state index contributed by atoms with van der Waals surface area (Å²) in [5.74, 6) is 3.11. The number of anilines is 1. The van der Waals surface area contributed by atoms with E-state index in [0.717, 1.165) is 36.1 Å². The van der Waals surface area contributed by atoms with E-state index in [1.54, 1.807) is 0 Å². The minimum atomic E-state index is 0.116. The highest BCUT2D eigenvalue weighted by Crippen LogP contribution is 2.22. The second kappa shape index (κ2) is 5.27. The van der Waals surface area contributed by atoms with Crippen LogP contribution in [0.2, 0.25) is 0 Å². The highest BCUT2D eigenvalue weighted by atomic mass is 32.2. The second-order valence-electron chi connectivity index (χ2n) is 3.91. The number of rotatable bonds is 2. The van der Waals surface area contributed by atoms with Gasteiger partial charge in [-0.2, -0.15) is 11.8 Å². The van der Waals surface area contributed by atoms with Crippen LogP contribution in [0.4, 0.5) is 5.82 Å². The highest BCUT2D eigenvalue weighted by Gasteiger charge is 2.18. The predicted molar refractivity (Wildman–Crippen MR) is 71.0 cm³/mol. The number of aryl methyl sites for hydroxylation is 1. The third-order valence-electron chi connectivity index (χ3n) is 2.71. The van der Waals surface area contributed by atoms with E-state index in [1.165, 1.54) is 0 Å². The third kappa shape index (κ3) is 2.63. The average Bonchev–Trinajstić information content (AvgIpc) is 2.39. The van der Waals surface area contributed by atoms with Crippen molar-refractivity contribution in [1.82, 2.24) is 4.98 Å². The fraction of sp³-hybridized carbons (Fsp3) is 0.455. The molecule has 1 fully saturated rings. The molecule has 1 saturated heterocycles. The first-order valence-electron chi connectivity index (χ1n) is 5.50. The Morgan fingerprint density at radius 2 is 2.18 bits per heavy atom. The molecule has 2 heterocycles. The summed E-state index contributed by atoms with van der Waals surface area (Å²) in [6, 6.07) is 3.73. The number of hydrogen-bond donors (Lipinski definition) is 2. The van der Waals surface area contributed by atoms with Gasteiger partial charge in [0, 0.05) is 30.3 Å². The second-order valence-corrected chi connectivity index (χ2v) is 5.13. The Bertz CT molecular complexity index is 429. The summed E-state index contributed by atoms with van der Waals surface area (Å²) in [6.45, 7) is 3.85. The number of oxime groups is 1. The lowest BCUT2D eigenvalue weighted by molar-refractivity contribution is 0.318. The van der Waals surface area contributed by atoms with Gasteiger partial charge in [0.1, 0.15) is 5.82 Å². The number of hydrogen-bond acceptors (Lipinski definition) is 5. The molecule has 92 valence electrons. The SMILES string of the molecule is Cc1ccc(C(N)=NO)c(N2CCSCC2)n1. The average molecular weight is 252 g/mol. The van der Waals surface area contributed by atoms with Crippen LogP contribution in [0.5, 0.6) is 0 Å². The normalized spacial score (nSPS) is 17.2. The molecule has 0 aliphatic carbocycles. The molecular weight excluding hydrogens is 236 g/mol. The molecule has 0 saturated carbocycles. The van der Waals surface area contributed by atoms with Crippen molar-refractivity contribution in [1.29, 1.82) is 0 Å². The number of nitrogens with zero attached hydrogens (tertiary/aromatic N) is 3. The molecule has 0 bridgehead atoms. The minimum Gasteiger partial charge on any atom is -0.409 e. The number of aromatic nitrogens is 1. The standard InChI is InChI=1S/C11H16N4OS/c1-8-2-3-9(10(12)14-16)11(13-8)15-4-6-17-7-5-15/h2-3,16H,4-7H2,1H3,(H2,12,14). The molecule has 1 aromatic rings. The van der Waals surface area contributed by atoms with Crippen LogP contribution in [0.25, 0.3) is 0 Å². The fourth-order valence-electron chi connectivity index (χ4n) is 1.81. The molecule has 0 spiro atoms. The van der Waals surface area contributed by atoms with E-state index in [4.69, 9.17) is 10.9 Å². The zero-order valence-corrected chi connectivity index (χ0v) is 10.6. The first-order valence-corrected chi connectivity index (χ1v) is 6.66. The predicted octanol–water partition coefficient (Wildman–Crippen LogP) is 1.04. The molecule has 0 unspecified atom stereocenters. The zero-order valence-electron chi connectivity index (χ0n) is 9.76. The van der Waals surface area contributed by atoms with Crippen LogP contribution in [0.1, 0.15) is 11.3 Å². The molecule has 2 rings (SSSR count). The van der Waals surface area contributed by atoms with Crippen LogP contribution in [0.3, 0.4) is 0 Å². The molecule has 1 aliphatic heterocycles. The summed E-state index contributed by atoms with van der Waals surface area (Å²) in [4.78, 5) is 6.70. The number of pyridine rings is 1. The minimum absolute atomic E-state index is 0.116. The molecule has 17 heavy (non-hydrogen) atoms. The maximum atomic E-state index is 8.79. The molecule has 0 radical (unpaired) electrons. The Labute approximate surface area is 105 Å². The van der Waals surface area contributed by atoms with Crippen molar-refractivity contribution < 1.29 is 5.21 Å². The van der Waals surface area contributed by atoms with E-state index < -0.39 is 0 Å². The van der Waals surface area contributed by atoms with Gasteiger partial charge in [0.05, 0.1) is 5.56 Å². The van der Waals surface area contributed by atoms with E-state index in [2.05, 4.69) is 15.0 Å². The molecule has 0 aromatic carbocycles. The Morgan fingerprint density at radius 3 is 2.82 bits per heavy atom. The lowest BCUT2D eigenvalue weighted by Crippen LogP contribution is -2.35. The molecule has 5 nitrogen and oxygen atoms in total. The molecule has 6 heteroatoms. The van der Waals surface area contributed by atoms with Crippen LogP contribution in [0, 0.1) is 6.92 Å². The van der Waals surface area contributed by atoms with Gasteiger partial charge < -0.3 is 15.8 Å². The van der Waals surface area contributed by atoms with Gasteiger partial charge in [-0.1, -0.05) is 5.16 Å². The van der Waals surface area contributed by atoms with Crippen molar-refractivity contribution in [3.05, 3.63) is 23.4 Å². The molecule has 0 atom stereocenters. The Balaban J connectivity index is 2.38. The summed E-state index contributed by atoms with van der Waals surface area (Å²) < 4.78 is 0. The van der Waals surface area contributed by atoms with Crippen LogP contribution >= 0.6 is 11.8 Å². The zero-order chi connectivity index (χ0) is 12.3. The molecule has 0 amide bonds. The summed E-state index contributed by atoms with van der Waals surface area (Å²) in [7, 11) is 0. The van der Waals surface area contributed by atoms with E-state index in [1.807, 2.05) is 30.8 Å². The van der Waals surface area contributed by atoms with Gasteiger partial charge in [-0.3, -0.25) is 0 Å². The fourth-order valence-corrected chi connectivity index (χ4v) is 2.72. The third-order valence-corrected chi connectivity index (χ3v) is 3.65. The van der Waals surface area contributed by atoms with Crippen LogP contribution in [-0.4, -0.2) is 40.6 Å². The van der Waals surface area contributed by atoms with E-state index in [9.17, 15) is 0 Å². The molecule has 1 aliphatic rings. The maximum absolute atomic E-state index is 8.79. The summed E-state index contributed by atoms with van der Waals surface area (Å²) >= 11 is 1.94. The Morgan fingerprint density at radius 1 is 1.47 bits per heavy atom. The van der Waals surface area contributed by atoms with E-state index in [-0.39, 0.29) is 5.84 Å². The smallest absolute Gasteiger partial charge is 0.173 e. The van der Waals surface area contributed by atoms with Crippen LogP contribution in [-0.2, 0) is 0 Å². The number of amidine groups is 1. The Kier molecular flexibility index (Phi) is 3.73. The lowest BCUT2D eigenvalue weighted by Gasteiger charge is -2.29. The van der Waals surface area contributed by atoms with Gasteiger partial charge in [-0.15, -0.1) is 0 Å². The molecule has 1 aromatic heterocycles. The van der Waals surface area contributed by atoms with Crippen molar-refractivity contribution in [2.45, 2.75) is 6.92 Å². The van der Waals surface area contributed by atoms with Crippen LogP contribution in [0.15, 0.2) is 17.3 Å². The Hall–Kier alpha value is -1.43. The first kappa shape index (κ1) is 12.0. The summed E-state index contributed by atoms with van der Waals surface area (Å²) in [6.07, 6.45) is 0. The van der Waals surface area contributed by atoms with Crippen molar-refractivity contribution in [2.75, 3.05) is 29.5 Å². The van der Waals surface area contributed by atoms with Crippen LogP contribution < -0.4 is 10.6 Å². The number of thioether (sulfide) groups is 1. The van der Waals surface area contributed by atoms with Gasteiger partial charge >= 0.3 is 0 Å². The van der Waals surface area contributed by atoms with Crippen molar-refractivity contribution in [3.63, 3.8) is 0 Å².